The van der Waals surface area contributed by atoms with Gasteiger partial charge in [-0.05, 0) is 30.3 Å². The first-order valence-corrected chi connectivity index (χ1v) is 7.82. The van der Waals surface area contributed by atoms with Crippen LogP contribution in [0, 0.1) is 5.13 Å². The molecular weight excluding hydrogens is 303 g/mol. The number of hydrogen-bond acceptors (Lipinski definition) is 4. The number of carbonyl (C=O) groups excluding carboxylic acids is 1. The van der Waals surface area contributed by atoms with Gasteiger partial charge in [-0.1, -0.05) is 17.4 Å². The Balaban J connectivity index is 2.23. The summed E-state index contributed by atoms with van der Waals surface area (Å²) in [7, 11) is -3.82. The van der Waals surface area contributed by atoms with Crippen LogP contribution in [0.15, 0.2) is 40.6 Å². The van der Waals surface area contributed by atoms with Gasteiger partial charge in [0, 0.05) is 12.6 Å². The van der Waals surface area contributed by atoms with E-state index in [-0.39, 0.29) is 15.8 Å². The molecule has 0 aliphatic heterocycles. The predicted octanol–water partition coefficient (Wildman–Crippen LogP) is 2.65. The number of anilines is 2. The molecule has 0 aliphatic rings. The molecule has 1 aromatic carbocycles. The Morgan fingerprint density at radius 3 is 2.50 bits per heavy atom. The third-order valence-corrected chi connectivity index (χ3v) is 5.00. The maximum atomic E-state index is 12.9. The van der Waals surface area contributed by atoms with Crippen LogP contribution in [0.5, 0.6) is 0 Å². The summed E-state index contributed by atoms with van der Waals surface area (Å²) in [6, 6.07) is 8.52. The van der Waals surface area contributed by atoms with Gasteiger partial charge in [0.05, 0.1) is 5.69 Å². The summed E-state index contributed by atoms with van der Waals surface area (Å²) in [5.41, 5.74) is 0.750. The highest BCUT2D eigenvalue weighted by atomic mass is 32.2. The molecule has 0 unspecified atom stereocenters. The van der Waals surface area contributed by atoms with Gasteiger partial charge in [-0.15, -0.1) is 0 Å². The van der Waals surface area contributed by atoms with Crippen molar-refractivity contribution in [1.29, 1.82) is 0 Å². The molecule has 0 aliphatic carbocycles. The maximum Gasteiger partial charge on any atom is 0.271 e. The van der Waals surface area contributed by atoms with E-state index in [4.69, 9.17) is 0 Å². The van der Waals surface area contributed by atoms with Crippen LogP contribution >= 0.6 is 11.3 Å². The number of thiophene rings is 1. The summed E-state index contributed by atoms with van der Waals surface area (Å²) in [4.78, 5) is 10.9. The Kier molecular flexibility index (Phi) is 4.05. The minimum atomic E-state index is -3.82. The molecule has 0 saturated heterocycles. The molecule has 0 bridgehead atoms. The second-order valence-electron chi connectivity index (χ2n) is 3.93. The normalized spacial score (nSPS) is 11.1. The molecule has 2 N–H and O–H groups in total. The molecule has 0 radical (unpaired) electrons. The molecule has 1 aromatic heterocycles. The Bertz CT molecular complexity index is 741. The number of hydrogen-bond donors (Lipinski definition) is 2. The van der Waals surface area contributed by atoms with Crippen molar-refractivity contribution in [2.75, 3.05) is 10.0 Å². The smallest absolute Gasteiger partial charge is 0.271 e. The number of benzene rings is 1. The fraction of sp³-hybridized carbons (Fsp3) is 0.0833. The van der Waals surface area contributed by atoms with Crippen LogP contribution in [0.2, 0.25) is 0 Å². The van der Waals surface area contributed by atoms with Crippen molar-refractivity contribution in [3.63, 3.8) is 0 Å². The molecule has 1 heterocycles. The molecule has 2 rings (SSSR count). The molecule has 0 atom stereocenters. The van der Waals surface area contributed by atoms with Gasteiger partial charge in [0.15, 0.2) is 5.13 Å². The van der Waals surface area contributed by atoms with E-state index >= 15 is 0 Å². The summed E-state index contributed by atoms with van der Waals surface area (Å²) in [6.07, 6.45) is 0. The van der Waals surface area contributed by atoms with Gasteiger partial charge in [0.2, 0.25) is 5.91 Å². The first kappa shape index (κ1) is 14.5. The van der Waals surface area contributed by atoms with Crippen molar-refractivity contribution in [3.05, 3.63) is 41.5 Å². The van der Waals surface area contributed by atoms with Crippen molar-refractivity contribution in [2.24, 2.45) is 0 Å². The zero-order valence-corrected chi connectivity index (χ0v) is 12.0. The van der Waals surface area contributed by atoms with Gasteiger partial charge >= 0.3 is 0 Å². The lowest BCUT2D eigenvalue weighted by molar-refractivity contribution is -0.114. The number of amides is 1. The summed E-state index contributed by atoms with van der Waals surface area (Å²) in [6.45, 7) is 1.35. The van der Waals surface area contributed by atoms with Crippen LogP contribution in [0.1, 0.15) is 6.92 Å². The first-order valence-electron chi connectivity index (χ1n) is 5.52. The molecule has 8 heteroatoms. The van der Waals surface area contributed by atoms with Crippen LogP contribution in [0.4, 0.5) is 15.8 Å². The van der Waals surface area contributed by atoms with E-state index in [1.54, 1.807) is 12.1 Å². The van der Waals surface area contributed by atoms with Crippen LogP contribution < -0.4 is 10.0 Å². The van der Waals surface area contributed by atoms with E-state index in [2.05, 4.69) is 10.0 Å². The average molecular weight is 314 g/mol. The SMILES string of the molecule is CC(=O)Nc1cccc(NS(=O)(=O)c2ccc(F)s2)c1. The van der Waals surface area contributed by atoms with Crippen molar-refractivity contribution < 1.29 is 17.6 Å². The molecule has 0 spiro atoms. The topological polar surface area (TPSA) is 75.3 Å². The van der Waals surface area contributed by atoms with Gasteiger partial charge in [-0.3, -0.25) is 9.52 Å². The van der Waals surface area contributed by atoms with E-state index in [0.29, 0.717) is 17.0 Å². The summed E-state index contributed by atoms with van der Waals surface area (Å²) in [5.74, 6) is -0.259. The Hall–Kier alpha value is -1.93. The quantitative estimate of drug-likeness (QED) is 0.911. The molecule has 0 saturated carbocycles. The Morgan fingerprint density at radius 2 is 1.90 bits per heavy atom. The van der Waals surface area contributed by atoms with Gasteiger partial charge < -0.3 is 5.32 Å². The standard InChI is InChI=1S/C12H11FN2O3S2/c1-8(16)14-9-3-2-4-10(7-9)15-20(17,18)12-6-5-11(13)19-12/h2-7,15H,1H3,(H,14,16). The predicted molar refractivity (Wildman–Crippen MR) is 75.8 cm³/mol. The highest BCUT2D eigenvalue weighted by Crippen LogP contribution is 2.24. The fourth-order valence-electron chi connectivity index (χ4n) is 1.51. The highest BCUT2D eigenvalue weighted by Gasteiger charge is 2.17. The second kappa shape index (κ2) is 5.59. The highest BCUT2D eigenvalue weighted by molar-refractivity contribution is 7.94. The lowest BCUT2D eigenvalue weighted by Crippen LogP contribution is -2.12. The number of carbonyl (C=O) groups is 1. The third-order valence-electron chi connectivity index (χ3n) is 2.25. The fourth-order valence-corrected chi connectivity index (χ4v) is 3.56. The molecular formula is C12H11FN2O3S2. The van der Waals surface area contributed by atoms with Gasteiger partial charge in [-0.2, -0.15) is 4.39 Å². The first-order chi connectivity index (χ1) is 9.37. The second-order valence-corrected chi connectivity index (χ2v) is 6.87. The number of nitrogens with one attached hydrogen (secondary N) is 2. The molecule has 5 nitrogen and oxygen atoms in total. The van der Waals surface area contributed by atoms with E-state index < -0.39 is 15.2 Å². The molecule has 2 aromatic rings. The third kappa shape index (κ3) is 3.55. The number of rotatable bonds is 4. The van der Waals surface area contributed by atoms with Crippen molar-refractivity contribution >= 4 is 38.6 Å². The number of halogens is 1. The van der Waals surface area contributed by atoms with Crippen molar-refractivity contribution in [3.8, 4) is 0 Å². The molecule has 1 amide bonds. The molecule has 106 valence electrons. The maximum absolute atomic E-state index is 12.9. The van der Waals surface area contributed by atoms with Gasteiger partial charge in [0.1, 0.15) is 4.21 Å². The molecule has 0 fully saturated rings. The minimum Gasteiger partial charge on any atom is -0.326 e. The zero-order valence-electron chi connectivity index (χ0n) is 10.4. The summed E-state index contributed by atoms with van der Waals surface area (Å²) >= 11 is 0.542. The van der Waals surface area contributed by atoms with E-state index in [1.165, 1.54) is 25.1 Å². The van der Waals surface area contributed by atoms with Crippen LogP contribution in [0.3, 0.4) is 0 Å². The van der Waals surface area contributed by atoms with Crippen molar-refractivity contribution in [2.45, 2.75) is 11.1 Å². The Morgan fingerprint density at radius 1 is 1.20 bits per heavy atom. The lowest BCUT2D eigenvalue weighted by Gasteiger charge is -2.08. The van der Waals surface area contributed by atoms with Crippen LogP contribution in [-0.2, 0) is 14.8 Å². The number of sulfonamides is 1. The van der Waals surface area contributed by atoms with E-state index in [9.17, 15) is 17.6 Å². The van der Waals surface area contributed by atoms with Gasteiger partial charge in [-0.25, -0.2) is 8.42 Å². The van der Waals surface area contributed by atoms with E-state index in [1.807, 2.05) is 0 Å². The largest absolute Gasteiger partial charge is 0.326 e. The van der Waals surface area contributed by atoms with E-state index in [0.717, 1.165) is 6.07 Å². The zero-order chi connectivity index (χ0) is 14.8. The van der Waals surface area contributed by atoms with Crippen LogP contribution in [0.25, 0.3) is 0 Å². The summed E-state index contributed by atoms with van der Waals surface area (Å²) in [5, 5.41) is 1.97. The molecule has 20 heavy (non-hydrogen) atoms. The lowest BCUT2D eigenvalue weighted by atomic mass is 10.3. The average Bonchev–Trinajstić information content (AvgIpc) is 2.75. The summed E-state index contributed by atoms with van der Waals surface area (Å²) < 4.78 is 39.1. The Labute approximate surface area is 119 Å². The van der Waals surface area contributed by atoms with Crippen LogP contribution in [-0.4, -0.2) is 14.3 Å². The monoisotopic (exact) mass is 314 g/mol. The minimum absolute atomic E-state index is 0.111. The van der Waals surface area contributed by atoms with Crippen molar-refractivity contribution in [1.82, 2.24) is 0 Å². The van der Waals surface area contributed by atoms with Gasteiger partial charge in [0.25, 0.3) is 10.0 Å².